The van der Waals surface area contributed by atoms with Crippen LogP contribution in [0, 0.1) is 13.8 Å². The Kier molecular flexibility index (Phi) is 5.71. The maximum Gasteiger partial charge on any atom is 0.255 e. The number of carbonyl (C=O) groups is 1. The fourth-order valence-corrected chi connectivity index (χ4v) is 3.43. The van der Waals surface area contributed by atoms with Crippen LogP contribution in [0.2, 0.25) is 0 Å². The van der Waals surface area contributed by atoms with Gasteiger partial charge in [-0.25, -0.2) is 0 Å². The summed E-state index contributed by atoms with van der Waals surface area (Å²) in [7, 11) is 0. The van der Waals surface area contributed by atoms with E-state index in [2.05, 4.69) is 26.6 Å². The molecule has 8 nitrogen and oxygen atoms in total. The van der Waals surface area contributed by atoms with Gasteiger partial charge in [-0.1, -0.05) is 17.3 Å². The van der Waals surface area contributed by atoms with Gasteiger partial charge in [-0.05, 0) is 50.5 Å². The summed E-state index contributed by atoms with van der Waals surface area (Å²) in [5.74, 6) is 0.989. The Morgan fingerprint density at radius 3 is 2.79 bits per heavy atom. The highest BCUT2D eigenvalue weighted by atomic mass is 16.5. The number of benzene rings is 1. The van der Waals surface area contributed by atoms with Crippen molar-refractivity contribution < 1.29 is 14.1 Å². The number of aryl methyl sites for hydroxylation is 2. The molecule has 0 bridgehead atoms. The lowest BCUT2D eigenvalue weighted by molar-refractivity contribution is 0.0835. The molecule has 152 valence electrons. The SMILES string of the molecule is Cc1cc(C)n(Cc2ccc(C(=O)NCCc3noc(C4CCCO4)n3)cc2)n1. The third kappa shape index (κ3) is 4.71. The summed E-state index contributed by atoms with van der Waals surface area (Å²) in [6, 6.07) is 9.63. The highest BCUT2D eigenvalue weighted by Gasteiger charge is 2.23. The molecular weight excluding hydrogens is 370 g/mol. The van der Waals surface area contributed by atoms with Crippen LogP contribution in [0.15, 0.2) is 34.9 Å². The van der Waals surface area contributed by atoms with E-state index < -0.39 is 0 Å². The molecule has 0 saturated carbocycles. The van der Waals surface area contributed by atoms with E-state index >= 15 is 0 Å². The van der Waals surface area contributed by atoms with E-state index in [1.165, 1.54) is 0 Å². The maximum absolute atomic E-state index is 12.4. The van der Waals surface area contributed by atoms with E-state index in [1.54, 1.807) is 0 Å². The van der Waals surface area contributed by atoms with Crippen molar-refractivity contribution in [1.82, 2.24) is 25.2 Å². The second kappa shape index (κ2) is 8.57. The fourth-order valence-electron chi connectivity index (χ4n) is 3.43. The summed E-state index contributed by atoms with van der Waals surface area (Å²) < 4.78 is 12.8. The molecule has 1 saturated heterocycles. The van der Waals surface area contributed by atoms with E-state index in [4.69, 9.17) is 9.26 Å². The topological polar surface area (TPSA) is 95.1 Å². The van der Waals surface area contributed by atoms with Gasteiger partial charge in [-0.15, -0.1) is 0 Å². The summed E-state index contributed by atoms with van der Waals surface area (Å²) in [4.78, 5) is 16.7. The highest BCUT2D eigenvalue weighted by molar-refractivity contribution is 5.94. The minimum Gasteiger partial charge on any atom is -0.368 e. The van der Waals surface area contributed by atoms with Crippen LogP contribution in [0.4, 0.5) is 0 Å². The molecule has 0 radical (unpaired) electrons. The number of carbonyl (C=O) groups excluding carboxylic acids is 1. The van der Waals surface area contributed by atoms with Gasteiger partial charge in [0.1, 0.15) is 6.10 Å². The number of hydrogen-bond donors (Lipinski definition) is 1. The predicted octanol–water partition coefficient (Wildman–Crippen LogP) is 2.76. The van der Waals surface area contributed by atoms with Gasteiger partial charge in [-0.2, -0.15) is 10.1 Å². The number of aromatic nitrogens is 4. The molecule has 1 N–H and O–H groups in total. The number of nitrogens with one attached hydrogen (secondary N) is 1. The van der Waals surface area contributed by atoms with Gasteiger partial charge in [0, 0.05) is 30.8 Å². The molecule has 3 aromatic rings. The molecule has 1 unspecified atom stereocenters. The van der Waals surface area contributed by atoms with Crippen LogP contribution in [0.5, 0.6) is 0 Å². The molecule has 8 heteroatoms. The van der Waals surface area contributed by atoms with Crippen LogP contribution in [-0.2, 0) is 17.7 Å². The maximum atomic E-state index is 12.4. The highest BCUT2D eigenvalue weighted by Crippen LogP contribution is 2.26. The normalized spacial score (nSPS) is 16.3. The fraction of sp³-hybridized carbons (Fsp3) is 0.429. The third-order valence-electron chi connectivity index (χ3n) is 4.97. The summed E-state index contributed by atoms with van der Waals surface area (Å²) in [5.41, 5.74) is 3.84. The Morgan fingerprint density at radius 2 is 2.10 bits per heavy atom. The standard InChI is InChI=1S/C21H25N5O3/c1-14-12-15(2)26(24-14)13-16-5-7-17(8-6-16)20(27)22-10-9-19-23-21(29-25-19)18-4-3-11-28-18/h5-8,12,18H,3-4,9-11,13H2,1-2H3,(H,22,27). The number of amides is 1. The number of hydrogen-bond acceptors (Lipinski definition) is 6. The van der Waals surface area contributed by atoms with E-state index in [-0.39, 0.29) is 12.0 Å². The monoisotopic (exact) mass is 395 g/mol. The Bertz CT molecular complexity index is 971. The summed E-state index contributed by atoms with van der Waals surface area (Å²) >= 11 is 0. The molecule has 1 aliphatic heterocycles. The van der Waals surface area contributed by atoms with Gasteiger partial charge in [0.15, 0.2) is 5.82 Å². The van der Waals surface area contributed by atoms with Gasteiger partial charge in [-0.3, -0.25) is 9.48 Å². The molecule has 1 atom stereocenters. The second-order valence-corrected chi connectivity index (χ2v) is 7.34. The minimum atomic E-state index is -0.120. The minimum absolute atomic E-state index is 0.0844. The summed E-state index contributed by atoms with van der Waals surface area (Å²) in [6.07, 6.45) is 2.35. The van der Waals surface area contributed by atoms with Crippen LogP contribution in [0.25, 0.3) is 0 Å². The summed E-state index contributed by atoms with van der Waals surface area (Å²) in [6.45, 7) is 5.88. The molecular formula is C21H25N5O3. The average molecular weight is 395 g/mol. The zero-order valence-corrected chi connectivity index (χ0v) is 16.7. The van der Waals surface area contributed by atoms with Crippen molar-refractivity contribution in [2.24, 2.45) is 0 Å². The Balaban J connectivity index is 1.27. The zero-order valence-electron chi connectivity index (χ0n) is 16.7. The van der Waals surface area contributed by atoms with E-state index in [1.807, 2.05) is 42.8 Å². The smallest absolute Gasteiger partial charge is 0.255 e. The molecule has 1 aliphatic rings. The van der Waals surface area contributed by atoms with Crippen molar-refractivity contribution in [2.75, 3.05) is 13.2 Å². The van der Waals surface area contributed by atoms with Crippen molar-refractivity contribution in [2.45, 2.75) is 45.8 Å². The lowest BCUT2D eigenvalue weighted by Gasteiger charge is -2.07. The molecule has 2 aromatic heterocycles. The van der Waals surface area contributed by atoms with E-state index in [9.17, 15) is 4.79 Å². The molecule has 1 aromatic carbocycles. The molecule has 1 fully saturated rings. The number of ether oxygens (including phenoxy) is 1. The van der Waals surface area contributed by atoms with Crippen LogP contribution >= 0.6 is 0 Å². The predicted molar refractivity (Wildman–Crippen MR) is 106 cm³/mol. The van der Waals surface area contributed by atoms with Crippen LogP contribution in [0.1, 0.15) is 58.0 Å². The van der Waals surface area contributed by atoms with Crippen LogP contribution in [0.3, 0.4) is 0 Å². The van der Waals surface area contributed by atoms with Crippen molar-refractivity contribution in [3.05, 3.63) is 64.6 Å². The van der Waals surface area contributed by atoms with Gasteiger partial charge in [0.25, 0.3) is 11.8 Å². The van der Waals surface area contributed by atoms with Crippen molar-refractivity contribution in [1.29, 1.82) is 0 Å². The summed E-state index contributed by atoms with van der Waals surface area (Å²) in [5, 5.41) is 11.3. The van der Waals surface area contributed by atoms with Crippen molar-refractivity contribution >= 4 is 5.91 Å². The Morgan fingerprint density at radius 1 is 1.28 bits per heavy atom. The first-order valence-electron chi connectivity index (χ1n) is 9.91. The van der Waals surface area contributed by atoms with Crippen molar-refractivity contribution in [3.8, 4) is 0 Å². The molecule has 3 heterocycles. The number of rotatable bonds is 7. The largest absolute Gasteiger partial charge is 0.368 e. The van der Waals surface area contributed by atoms with E-state index in [0.717, 1.165) is 36.4 Å². The first-order chi connectivity index (χ1) is 14.1. The molecule has 0 aliphatic carbocycles. The lowest BCUT2D eigenvalue weighted by atomic mass is 10.1. The second-order valence-electron chi connectivity index (χ2n) is 7.34. The Labute approximate surface area is 169 Å². The quantitative estimate of drug-likeness (QED) is 0.661. The zero-order chi connectivity index (χ0) is 20.2. The van der Waals surface area contributed by atoms with Crippen LogP contribution in [-0.4, -0.2) is 39.0 Å². The van der Waals surface area contributed by atoms with Crippen LogP contribution < -0.4 is 5.32 Å². The van der Waals surface area contributed by atoms with Gasteiger partial charge < -0.3 is 14.6 Å². The number of nitrogens with zero attached hydrogens (tertiary/aromatic N) is 4. The third-order valence-corrected chi connectivity index (χ3v) is 4.97. The Hall–Kier alpha value is -3.00. The molecule has 29 heavy (non-hydrogen) atoms. The van der Waals surface area contributed by atoms with Crippen molar-refractivity contribution in [3.63, 3.8) is 0 Å². The van der Waals surface area contributed by atoms with Gasteiger partial charge >= 0.3 is 0 Å². The first-order valence-corrected chi connectivity index (χ1v) is 9.91. The molecule has 1 amide bonds. The van der Waals surface area contributed by atoms with Gasteiger partial charge in [0.2, 0.25) is 0 Å². The lowest BCUT2D eigenvalue weighted by Crippen LogP contribution is -2.26. The first kappa shape index (κ1) is 19.3. The van der Waals surface area contributed by atoms with Gasteiger partial charge in [0.05, 0.1) is 12.2 Å². The van der Waals surface area contributed by atoms with E-state index in [0.29, 0.717) is 36.8 Å². The average Bonchev–Trinajstić information content (AvgIpc) is 3.44. The molecule has 0 spiro atoms. The molecule has 4 rings (SSSR count).